The Kier molecular flexibility index (Phi) is 6.69. The van der Waals surface area contributed by atoms with E-state index in [0.29, 0.717) is 13.0 Å². The molecule has 0 radical (unpaired) electrons. The molecule has 0 unspecified atom stereocenters. The van der Waals surface area contributed by atoms with Crippen LogP contribution in [0.5, 0.6) is 0 Å². The lowest BCUT2D eigenvalue weighted by Gasteiger charge is -2.49. The molecule has 0 spiro atoms. The number of morpholine rings is 1. The van der Waals surface area contributed by atoms with Gasteiger partial charge in [-0.2, -0.15) is 0 Å². The molecule has 1 aromatic carbocycles. The minimum atomic E-state index is -3.29. The van der Waals surface area contributed by atoms with Crippen LogP contribution in [0.15, 0.2) is 30.3 Å². The predicted octanol–water partition coefficient (Wildman–Crippen LogP) is 0.945. The number of piperidine rings is 1. The van der Waals surface area contributed by atoms with E-state index in [-0.39, 0.29) is 11.3 Å². The lowest BCUT2D eigenvalue weighted by atomic mass is 9.85. The first-order valence-electron chi connectivity index (χ1n) is 9.52. The van der Waals surface area contributed by atoms with E-state index in [0.717, 1.165) is 57.8 Å². The van der Waals surface area contributed by atoms with E-state index >= 15 is 0 Å². The van der Waals surface area contributed by atoms with Gasteiger partial charge in [-0.25, -0.2) is 13.1 Å². The highest BCUT2D eigenvalue weighted by Crippen LogP contribution is 2.29. The van der Waals surface area contributed by atoms with E-state index in [9.17, 15) is 8.42 Å². The van der Waals surface area contributed by atoms with Gasteiger partial charge in [0.1, 0.15) is 0 Å². The second-order valence-electron chi connectivity index (χ2n) is 7.50. The molecule has 2 saturated heterocycles. The van der Waals surface area contributed by atoms with Crippen molar-refractivity contribution >= 4 is 10.0 Å². The maximum absolute atomic E-state index is 12.6. The molecule has 2 aliphatic rings. The lowest BCUT2D eigenvalue weighted by Crippen LogP contribution is -2.62. The Balaban J connectivity index is 1.61. The molecular formula is C19H31N3O3S. The number of sulfonamides is 1. The SMILES string of the molecule is CN1CCC(CNS(=O)(=O)CCc2ccccc2)(N2CCOCC2)CC1. The van der Waals surface area contributed by atoms with E-state index in [1.165, 1.54) is 0 Å². The number of nitrogens with zero attached hydrogens (tertiary/aromatic N) is 2. The van der Waals surface area contributed by atoms with Crippen LogP contribution >= 0.6 is 0 Å². The standard InChI is InChI=1S/C19H31N3O3S/c1-21-10-8-19(9-11-21,22-12-14-25-15-13-22)17-20-26(23,24)16-7-18-5-3-2-4-6-18/h2-6,20H,7-17H2,1H3. The third-order valence-corrected chi connectivity index (χ3v) is 7.05. The second kappa shape index (κ2) is 8.80. The van der Waals surface area contributed by atoms with Crippen molar-refractivity contribution in [3.05, 3.63) is 35.9 Å². The zero-order valence-corrected chi connectivity index (χ0v) is 16.5. The van der Waals surface area contributed by atoms with Crippen molar-refractivity contribution in [2.24, 2.45) is 0 Å². The van der Waals surface area contributed by atoms with Crippen molar-refractivity contribution in [1.82, 2.24) is 14.5 Å². The Hall–Kier alpha value is -0.990. The Morgan fingerprint density at radius 1 is 1.08 bits per heavy atom. The molecule has 1 aromatic rings. The van der Waals surface area contributed by atoms with Crippen LogP contribution in [-0.2, 0) is 21.2 Å². The minimum Gasteiger partial charge on any atom is -0.379 e. The van der Waals surface area contributed by atoms with Crippen molar-refractivity contribution in [2.75, 3.05) is 58.7 Å². The van der Waals surface area contributed by atoms with Crippen LogP contribution in [0.2, 0.25) is 0 Å². The fourth-order valence-corrected chi connectivity index (χ4v) is 5.03. The van der Waals surface area contributed by atoms with Crippen LogP contribution in [0.4, 0.5) is 0 Å². The van der Waals surface area contributed by atoms with Crippen LogP contribution in [0, 0.1) is 0 Å². The van der Waals surface area contributed by atoms with Crippen LogP contribution in [0.25, 0.3) is 0 Å². The number of hydrogen-bond donors (Lipinski definition) is 1. The summed E-state index contributed by atoms with van der Waals surface area (Å²) in [7, 11) is -1.16. The maximum Gasteiger partial charge on any atom is 0.211 e. The highest BCUT2D eigenvalue weighted by molar-refractivity contribution is 7.89. The maximum atomic E-state index is 12.6. The van der Waals surface area contributed by atoms with Gasteiger partial charge < -0.3 is 9.64 Å². The highest BCUT2D eigenvalue weighted by Gasteiger charge is 2.40. The third kappa shape index (κ3) is 5.27. The van der Waals surface area contributed by atoms with E-state index in [2.05, 4.69) is 21.6 Å². The first kappa shape index (κ1) is 19.8. The number of likely N-dealkylation sites (tertiary alicyclic amines) is 1. The molecular weight excluding hydrogens is 350 g/mol. The van der Waals surface area contributed by atoms with Gasteiger partial charge >= 0.3 is 0 Å². The minimum absolute atomic E-state index is 0.0872. The van der Waals surface area contributed by atoms with Gasteiger partial charge in [0.25, 0.3) is 0 Å². The lowest BCUT2D eigenvalue weighted by molar-refractivity contribution is -0.0427. The summed E-state index contributed by atoms with van der Waals surface area (Å²) in [6, 6.07) is 9.79. The number of hydrogen-bond acceptors (Lipinski definition) is 5. The highest BCUT2D eigenvalue weighted by atomic mass is 32.2. The van der Waals surface area contributed by atoms with Crippen LogP contribution in [0.1, 0.15) is 18.4 Å². The Morgan fingerprint density at radius 3 is 2.38 bits per heavy atom. The number of aryl methyl sites for hydroxylation is 1. The molecule has 0 bridgehead atoms. The van der Waals surface area contributed by atoms with E-state index < -0.39 is 10.0 Å². The van der Waals surface area contributed by atoms with Crippen molar-refractivity contribution < 1.29 is 13.2 Å². The van der Waals surface area contributed by atoms with E-state index in [4.69, 9.17) is 4.74 Å². The van der Waals surface area contributed by atoms with E-state index in [1.54, 1.807) is 0 Å². The summed E-state index contributed by atoms with van der Waals surface area (Å²) in [5.74, 6) is 0.135. The van der Waals surface area contributed by atoms with Crippen molar-refractivity contribution in [3.8, 4) is 0 Å². The summed E-state index contributed by atoms with van der Waals surface area (Å²) >= 11 is 0. The zero-order chi connectivity index (χ0) is 18.5. The molecule has 146 valence electrons. The normalized spacial score (nSPS) is 22.3. The number of nitrogens with one attached hydrogen (secondary N) is 1. The van der Waals surface area contributed by atoms with Gasteiger partial charge in [-0.3, -0.25) is 4.90 Å². The van der Waals surface area contributed by atoms with Gasteiger partial charge in [0.2, 0.25) is 10.0 Å². The Labute approximate surface area is 157 Å². The molecule has 0 aliphatic carbocycles. The summed E-state index contributed by atoms with van der Waals surface area (Å²) in [6.45, 7) is 5.74. The monoisotopic (exact) mass is 381 g/mol. The van der Waals surface area contributed by atoms with Gasteiger partial charge in [-0.05, 0) is 45.0 Å². The summed E-state index contributed by atoms with van der Waals surface area (Å²) < 4.78 is 33.6. The fourth-order valence-electron chi connectivity index (χ4n) is 3.89. The summed E-state index contributed by atoms with van der Waals surface area (Å²) in [4.78, 5) is 4.77. The van der Waals surface area contributed by atoms with Crippen molar-refractivity contribution in [3.63, 3.8) is 0 Å². The molecule has 1 N–H and O–H groups in total. The topological polar surface area (TPSA) is 61.9 Å². The first-order valence-corrected chi connectivity index (χ1v) is 11.2. The van der Waals surface area contributed by atoms with Crippen LogP contribution in [-0.4, -0.2) is 82.5 Å². The third-order valence-electron chi connectivity index (χ3n) is 5.72. The molecule has 2 aliphatic heterocycles. The van der Waals surface area contributed by atoms with Gasteiger partial charge in [0.05, 0.1) is 19.0 Å². The first-order chi connectivity index (χ1) is 12.5. The smallest absolute Gasteiger partial charge is 0.211 e. The molecule has 3 rings (SSSR count). The van der Waals surface area contributed by atoms with Crippen molar-refractivity contribution in [2.45, 2.75) is 24.8 Å². The Bertz CT molecular complexity index is 652. The molecule has 0 aromatic heterocycles. The molecule has 2 heterocycles. The largest absolute Gasteiger partial charge is 0.379 e. The average molecular weight is 382 g/mol. The average Bonchev–Trinajstić information content (AvgIpc) is 2.68. The fraction of sp³-hybridized carbons (Fsp3) is 0.684. The van der Waals surface area contributed by atoms with Gasteiger partial charge in [-0.15, -0.1) is 0 Å². The quantitative estimate of drug-likeness (QED) is 0.762. The molecule has 0 saturated carbocycles. The molecule has 7 heteroatoms. The van der Waals surface area contributed by atoms with Gasteiger partial charge in [-0.1, -0.05) is 30.3 Å². The van der Waals surface area contributed by atoms with Crippen molar-refractivity contribution in [1.29, 1.82) is 0 Å². The molecule has 2 fully saturated rings. The Morgan fingerprint density at radius 2 is 1.73 bits per heavy atom. The molecule has 0 atom stereocenters. The van der Waals surface area contributed by atoms with Gasteiger partial charge in [0, 0.05) is 25.2 Å². The predicted molar refractivity (Wildman–Crippen MR) is 104 cm³/mol. The second-order valence-corrected chi connectivity index (χ2v) is 9.43. The molecule has 0 amide bonds. The summed E-state index contributed by atoms with van der Waals surface area (Å²) in [5.41, 5.74) is 0.968. The zero-order valence-electron chi connectivity index (χ0n) is 15.7. The van der Waals surface area contributed by atoms with Crippen LogP contribution in [0.3, 0.4) is 0 Å². The van der Waals surface area contributed by atoms with Crippen LogP contribution < -0.4 is 4.72 Å². The molecule has 26 heavy (non-hydrogen) atoms. The molecule has 6 nitrogen and oxygen atoms in total. The van der Waals surface area contributed by atoms with E-state index in [1.807, 2.05) is 30.3 Å². The summed E-state index contributed by atoms with van der Waals surface area (Å²) in [5, 5.41) is 0. The summed E-state index contributed by atoms with van der Waals surface area (Å²) in [6.07, 6.45) is 2.53. The number of ether oxygens (including phenoxy) is 1. The van der Waals surface area contributed by atoms with Gasteiger partial charge in [0.15, 0.2) is 0 Å². The number of benzene rings is 1. The number of rotatable bonds is 7.